The van der Waals surface area contributed by atoms with E-state index in [1.165, 1.54) is 0 Å². The van der Waals surface area contributed by atoms with Crippen LogP contribution in [-0.2, 0) is 44.8 Å². The van der Waals surface area contributed by atoms with E-state index < -0.39 is 52.3 Å². The van der Waals surface area contributed by atoms with Gasteiger partial charge in [-0.05, 0) is 44.9 Å². The first-order valence-corrected chi connectivity index (χ1v) is 11.0. The molecule has 38 heavy (non-hydrogen) atoms. The summed E-state index contributed by atoms with van der Waals surface area (Å²) < 4.78 is 14.5. The number of likely N-dealkylation sites (tertiary alicyclic amines) is 1. The van der Waals surface area contributed by atoms with E-state index in [0.717, 1.165) is 10.5 Å². The SMILES string of the molecule is C.C.CC(C)(C)OC(=O)C1(C(=O)O)CC1OC=O.COc1ccc(CN2C(=O)C3CC3(C(=O)O)C2=O)cc1. The number of carbonyl (C=O) groups excluding carboxylic acids is 4. The highest BCUT2D eigenvalue weighted by atomic mass is 16.6. The Hall–Kier alpha value is -3.96. The van der Waals surface area contributed by atoms with Gasteiger partial charge in [-0.2, -0.15) is 0 Å². The van der Waals surface area contributed by atoms with Crippen LogP contribution >= 0.6 is 0 Å². The van der Waals surface area contributed by atoms with E-state index in [1.54, 1.807) is 52.1 Å². The van der Waals surface area contributed by atoms with Crippen molar-refractivity contribution in [3.05, 3.63) is 29.8 Å². The van der Waals surface area contributed by atoms with Gasteiger partial charge in [-0.15, -0.1) is 0 Å². The Morgan fingerprint density at radius 2 is 1.63 bits per heavy atom. The van der Waals surface area contributed by atoms with Crippen LogP contribution in [0.3, 0.4) is 0 Å². The predicted molar refractivity (Wildman–Crippen MR) is 132 cm³/mol. The average molecular weight is 538 g/mol. The molecule has 4 unspecified atom stereocenters. The summed E-state index contributed by atoms with van der Waals surface area (Å²) in [7, 11) is 1.55. The number of nitrogens with zero attached hydrogens (tertiary/aromatic N) is 1. The van der Waals surface area contributed by atoms with Crippen molar-refractivity contribution in [1.29, 1.82) is 0 Å². The lowest BCUT2D eigenvalue weighted by atomic mass is 10.1. The van der Waals surface area contributed by atoms with Gasteiger partial charge < -0.3 is 24.4 Å². The van der Waals surface area contributed by atoms with Crippen molar-refractivity contribution in [3.8, 4) is 5.75 Å². The molecule has 210 valence electrons. The van der Waals surface area contributed by atoms with Gasteiger partial charge in [-0.1, -0.05) is 27.0 Å². The number of carbonyl (C=O) groups is 6. The van der Waals surface area contributed by atoms with E-state index in [1.807, 2.05) is 0 Å². The molecule has 0 spiro atoms. The van der Waals surface area contributed by atoms with Crippen molar-refractivity contribution in [2.45, 2.75) is 66.7 Å². The van der Waals surface area contributed by atoms with E-state index in [2.05, 4.69) is 4.74 Å². The normalized spacial score (nSPS) is 26.3. The number of hydrogen-bond acceptors (Lipinski definition) is 9. The molecule has 12 heteroatoms. The first kappa shape index (κ1) is 32.1. The van der Waals surface area contributed by atoms with Gasteiger partial charge in [0.15, 0.2) is 5.41 Å². The highest BCUT2D eigenvalue weighted by molar-refractivity contribution is 6.21. The van der Waals surface area contributed by atoms with Crippen LogP contribution in [0.25, 0.3) is 0 Å². The zero-order chi connectivity index (χ0) is 27.1. The van der Waals surface area contributed by atoms with Crippen LogP contribution in [0.2, 0.25) is 0 Å². The summed E-state index contributed by atoms with van der Waals surface area (Å²) >= 11 is 0. The Kier molecular flexibility index (Phi) is 9.45. The fraction of sp³-hybridized carbons (Fsp3) is 0.538. The second-order valence-electron chi connectivity index (χ2n) is 9.81. The van der Waals surface area contributed by atoms with Gasteiger partial charge in [0.05, 0.1) is 19.6 Å². The third kappa shape index (κ3) is 5.63. The van der Waals surface area contributed by atoms with Crippen LogP contribution in [-0.4, -0.2) is 70.1 Å². The van der Waals surface area contributed by atoms with E-state index in [9.17, 15) is 28.8 Å². The van der Waals surface area contributed by atoms with Crippen LogP contribution in [0.5, 0.6) is 5.75 Å². The summed E-state index contributed by atoms with van der Waals surface area (Å²) in [5.74, 6) is -4.35. The van der Waals surface area contributed by atoms with Gasteiger partial charge in [-0.3, -0.25) is 33.7 Å². The van der Waals surface area contributed by atoms with Gasteiger partial charge in [0, 0.05) is 6.42 Å². The number of rotatable bonds is 8. The number of benzene rings is 1. The van der Waals surface area contributed by atoms with Crippen LogP contribution in [0.4, 0.5) is 0 Å². The van der Waals surface area contributed by atoms with Crippen molar-refractivity contribution in [2.24, 2.45) is 16.7 Å². The molecule has 2 amide bonds. The van der Waals surface area contributed by atoms with E-state index in [0.29, 0.717) is 5.75 Å². The summed E-state index contributed by atoms with van der Waals surface area (Å²) in [6, 6.07) is 6.95. The summed E-state index contributed by atoms with van der Waals surface area (Å²) in [5.41, 5.74) is -3.21. The largest absolute Gasteiger partial charge is 0.497 e. The zero-order valence-electron chi connectivity index (χ0n) is 20.2. The molecule has 0 radical (unpaired) electrons. The van der Waals surface area contributed by atoms with E-state index >= 15 is 0 Å². The molecule has 3 aliphatic rings. The maximum absolute atomic E-state index is 12.1. The number of esters is 1. The topological polar surface area (TPSA) is 174 Å². The molecular weight excluding hydrogens is 502 g/mol. The van der Waals surface area contributed by atoms with Gasteiger partial charge >= 0.3 is 17.9 Å². The van der Waals surface area contributed by atoms with Gasteiger partial charge in [-0.25, -0.2) is 0 Å². The number of methoxy groups -OCH3 is 1. The summed E-state index contributed by atoms with van der Waals surface area (Å²) in [6.45, 7) is 5.15. The third-order valence-electron chi connectivity index (χ3n) is 6.29. The summed E-state index contributed by atoms with van der Waals surface area (Å²) in [5, 5.41) is 18.1. The maximum atomic E-state index is 12.1. The Labute approximate surface area is 220 Å². The standard InChI is InChI=1S/C14H13NO5.C10H14O6.2CH4/c1-20-9-4-2-8(3-5-9)7-15-11(16)10-6-14(10,12(15)17)13(18)19;1-9(2,3)16-8(14)10(7(12)13)4-6(10)15-5-11;;/h2-5,10H,6-7H2,1H3,(H,18,19);5-6H,4H2,1-3H3,(H,12,13);2*1H4. The van der Waals surface area contributed by atoms with Crippen LogP contribution in [0.1, 0.15) is 54.0 Å². The van der Waals surface area contributed by atoms with Crippen LogP contribution < -0.4 is 4.74 Å². The number of piperidine rings is 1. The zero-order valence-corrected chi connectivity index (χ0v) is 20.2. The minimum Gasteiger partial charge on any atom is -0.497 e. The highest BCUT2D eigenvalue weighted by Crippen LogP contribution is 2.59. The molecule has 1 aromatic carbocycles. The number of aliphatic carboxylic acids is 2. The van der Waals surface area contributed by atoms with E-state index in [-0.39, 0.29) is 46.6 Å². The minimum absolute atomic E-state index is 0. The Balaban J connectivity index is 0.000000370. The van der Waals surface area contributed by atoms with Gasteiger partial charge in [0.25, 0.3) is 6.47 Å². The van der Waals surface area contributed by atoms with Crippen molar-refractivity contribution < 1.29 is 53.2 Å². The molecule has 1 aromatic rings. The Morgan fingerprint density at radius 1 is 1.05 bits per heavy atom. The highest BCUT2D eigenvalue weighted by Gasteiger charge is 2.76. The molecule has 2 aliphatic carbocycles. The fourth-order valence-corrected chi connectivity index (χ4v) is 4.08. The van der Waals surface area contributed by atoms with Crippen molar-refractivity contribution in [1.82, 2.24) is 4.90 Å². The lowest BCUT2D eigenvalue weighted by Gasteiger charge is -2.22. The molecule has 4 atom stereocenters. The minimum atomic E-state index is -1.71. The second-order valence-corrected chi connectivity index (χ2v) is 9.81. The van der Waals surface area contributed by atoms with Crippen LogP contribution in [0.15, 0.2) is 24.3 Å². The smallest absolute Gasteiger partial charge is 0.328 e. The van der Waals surface area contributed by atoms with Gasteiger partial charge in [0.1, 0.15) is 17.5 Å². The first-order chi connectivity index (χ1) is 16.7. The molecule has 2 saturated carbocycles. The Bertz CT molecular complexity index is 1110. The molecule has 0 aromatic heterocycles. The number of hydrogen-bond donors (Lipinski definition) is 2. The third-order valence-corrected chi connectivity index (χ3v) is 6.29. The molecule has 1 heterocycles. The lowest BCUT2D eigenvalue weighted by molar-refractivity contribution is -0.171. The first-order valence-electron chi connectivity index (χ1n) is 11.0. The molecular formula is C26H35NO11. The predicted octanol–water partition coefficient (Wildman–Crippen LogP) is 2.27. The number of fused-ring (bicyclic) bond motifs is 1. The number of amides is 2. The van der Waals surface area contributed by atoms with Crippen LogP contribution in [0, 0.1) is 16.7 Å². The molecule has 4 rings (SSSR count). The van der Waals surface area contributed by atoms with Crippen molar-refractivity contribution >= 4 is 36.2 Å². The second kappa shape index (κ2) is 11.2. The summed E-state index contributed by atoms with van der Waals surface area (Å²) in [6.07, 6.45) is -0.813. The maximum Gasteiger partial charge on any atom is 0.328 e. The number of ether oxygens (including phenoxy) is 3. The van der Waals surface area contributed by atoms with Crippen molar-refractivity contribution in [3.63, 3.8) is 0 Å². The lowest BCUT2D eigenvalue weighted by Crippen LogP contribution is -2.37. The quantitative estimate of drug-likeness (QED) is 0.215. The monoisotopic (exact) mass is 537 g/mol. The molecule has 3 fully saturated rings. The molecule has 1 saturated heterocycles. The molecule has 2 N–H and O–H groups in total. The number of carboxylic acid groups (broad SMARTS) is 2. The Morgan fingerprint density at radius 3 is 2.05 bits per heavy atom. The van der Waals surface area contributed by atoms with Gasteiger partial charge in [0.2, 0.25) is 17.2 Å². The molecule has 0 bridgehead atoms. The fourth-order valence-electron chi connectivity index (χ4n) is 4.08. The molecule has 12 nitrogen and oxygen atoms in total. The number of imide groups is 1. The summed E-state index contributed by atoms with van der Waals surface area (Å²) in [4.78, 5) is 69.2. The van der Waals surface area contributed by atoms with E-state index in [4.69, 9.17) is 19.7 Å². The average Bonchev–Trinajstić information content (AvgIpc) is 3.69. The molecule has 1 aliphatic heterocycles. The number of carboxylic acids is 2. The van der Waals surface area contributed by atoms with Crippen molar-refractivity contribution in [2.75, 3.05) is 7.11 Å².